The largest absolute Gasteiger partial charge is 0.468 e. The number of benzene rings is 1. The summed E-state index contributed by atoms with van der Waals surface area (Å²) < 4.78 is 21.1. The van der Waals surface area contributed by atoms with Crippen LogP contribution in [0.4, 0.5) is 0 Å². The molecule has 0 saturated heterocycles. The monoisotopic (exact) mass is 397 g/mol. The number of methoxy groups -OCH3 is 1. The number of hydrogen-bond acceptors (Lipinski definition) is 7. The number of carbonyl (C=O) groups is 2. The second-order valence-electron chi connectivity index (χ2n) is 6.64. The minimum Gasteiger partial charge on any atom is -0.468 e. The first-order valence-corrected chi connectivity index (χ1v) is 9.19. The zero-order valence-electron chi connectivity index (χ0n) is 16.3. The summed E-state index contributed by atoms with van der Waals surface area (Å²) in [7, 11) is 1.29. The van der Waals surface area contributed by atoms with Crippen LogP contribution in [0.15, 0.2) is 72.1 Å². The van der Waals surface area contributed by atoms with Crippen molar-refractivity contribution in [2.24, 2.45) is 5.73 Å². The van der Waals surface area contributed by atoms with Gasteiger partial charge in [0, 0.05) is 24.8 Å². The maximum Gasteiger partial charge on any atom is 0.323 e. The third-order valence-electron chi connectivity index (χ3n) is 4.53. The van der Waals surface area contributed by atoms with E-state index in [9.17, 15) is 9.59 Å². The maximum atomic E-state index is 11.6. The Bertz CT molecular complexity index is 894. The third kappa shape index (κ3) is 5.14. The van der Waals surface area contributed by atoms with E-state index in [1.807, 2.05) is 24.3 Å². The summed E-state index contributed by atoms with van der Waals surface area (Å²) in [6.45, 7) is 1.37. The van der Waals surface area contributed by atoms with Crippen molar-refractivity contribution in [2.75, 3.05) is 7.11 Å². The molecule has 1 aliphatic heterocycles. The highest BCUT2D eigenvalue weighted by Crippen LogP contribution is 2.38. The van der Waals surface area contributed by atoms with Gasteiger partial charge in [-0.1, -0.05) is 30.4 Å². The molecule has 29 heavy (non-hydrogen) atoms. The Labute approximate surface area is 169 Å². The van der Waals surface area contributed by atoms with Crippen LogP contribution in [0.3, 0.4) is 0 Å². The van der Waals surface area contributed by atoms with Gasteiger partial charge < -0.3 is 24.7 Å². The SMILES string of the molecule is COC(=O)[C@@H](N)CC1=COC=C(C2=CC=CCC2c2ccc(OC(C)=O)cc2)O1. The van der Waals surface area contributed by atoms with Crippen LogP contribution in [0.1, 0.15) is 31.2 Å². The molecule has 1 aromatic rings. The average molecular weight is 397 g/mol. The van der Waals surface area contributed by atoms with Crippen LogP contribution in [-0.4, -0.2) is 25.1 Å². The number of nitrogens with two attached hydrogens (primary N) is 1. The highest BCUT2D eigenvalue weighted by molar-refractivity contribution is 5.75. The van der Waals surface area contributed by atoms with Crippen molar-refractivity contribution < 1.29 is 28.5 Å². The second kappa shape index (κ2) is 9.25. The van der Waals surface area contributed by atoms with Crippen LogP contribution in [-0.2, 0) is 23.8 Å². The predicted molar refractivity (Wildman–Crippen MR) is 105 cm³/mol. The summed E-state index contributed by atoms with van der Waals surface area (Å²) in [6, 6.07) is 6.54. The zero-order chi connectivity index (χ0) is 20.8. The summed E-state index contributed by atoms with van der Waals surface area (Å²) in [6.07, 6.45) is 9.89. The van der Waals surface area contributed by atoms with Gasteiger partial charge in [-0.2, -0.15) is 0 Å². The molecular formula is C22H23NO6. The van der Waals surface area contributed by atoms with Gasteiger partial charge >= 0.3 is 11.9 Å². The molecule has 0 radical (unpaired) electrons. The molecule has 0 amide bonds. The molecule has 2 atom stereocenters. The first kappa shape index (κ1) is 20.4. The Morgan fingerprint density at radius 1 is 1.24 bits per heavy atom. The van der Waals surface area contributed by atoms with Gasteiger partial charge in [-0.05, 0) is 24.1 Å². The Kier molecular flexibility index (Phi) is 6.51. The molecular weight excluding hydrogens is 374 g/mol. The Morgan fingerprint density at radius 3 is 2.69 bits per heavy atom. The van der Waals surface area contributed by atoms with E-state index in [0.29, 0.717) is 17.3 Å². The van der Waals surface area contributed by atoms with E-state index < -0.39 is 12.0 Å². The summed E-state index contributed by atoms with van der Waals surface area (Å²) in [5.41, 5.74) is 7.80. The highest BCUT2D eigenvalue weighted by Gasteiger charge is 2.26. The molecule has 0 fully saturated rings. The first-order chi connectivity index (χ1) is 14.0. The molecule has 1 unspecified atom stereocenters. The minimum atomic E-state index is -0.834. The van der Waals surface area contributed by atoms with E-state index in [4.69, 9.17) is 19.9 Å². The summed E-state index contributed by atoms with van der Waals surface area (Å²) >= 11 is 0. The van der Waals surface area contributed by atoms with Crippen LogP contribution in [0.25, 0.3) is 0 Å². The molecule has 1 aromatic carbocycles. The molecule has 2 N–H and O–H groups in total. The van der Waals surface area contributed by atoms with Crippen molar-refractivity contribution in [1.82, 2.24) is 0 Å². The predicted octanol–water partition coefficient (Wildman–Crippen LogP) is 3.20. The fourth-order valence-corrected chi connectivity index (χ4v) is 3.16. The lowest BCUT2D eigenvalue weighted by Crippen LogP contribution is -2.32. The summed E-state index contributed by atoms with van der Waals surface area (Å²) in [5.74, 6) is 0.654. The van der Waals surface area contributed by atoms with Gasteiger partial charge in [-0.3, -0.25) is 9.59 Å². The Hall–Kier alpha value is -3.32. The fourth-order valence-electron chi connectivity index (χ4n) is 3.16. The lowest BCUT2D eigenvalue weighted by molar-refractivity contribution is -0.142. The number of allylic oxidation sites excluding steroid dienone is 4. The van der Waals surface area contributed by atoms with Gasteiger partial charge in [-0.15, -0.1) is 0 Å². The van der Waals surface area contributed by atoms with Gasteiger partial charge in [0.1, 0.15) is 30.1 Å². The van der Waals surface area contributed by atoms with Gasteiger partial charge in [-0.25, -0.2) is 0 Å². The minimum absolute atomic E-state index is 0.0369. The van der Waals surface area contributed by atoms with Crippen molar-refractivity contribution in [3.63, 3.8) is 0 Å². The molecule has 0 aromatic heterocycles. The zero-order valence-corrected chi connectivity index (χ0v) is 16.3. The van der Waals surface area contributed by atoms with E-state index >= 15 is 0 Å². The van der Waals surface area contributed by atoms with Crippen LogP contribution in [0.5, 0.6) is 5.75 Å². The topological polar surface area (TPSA) is 97.1 Å². The number of ether oxygens (including phenoxy) is 4. The van der Waals surface area contributed by atoms with Crippen molar-refractivity contribution >= 4 is 11.9 Å². The fraction of sp³-hybridized carbons (Fsp3) is 0.273. The van der Waals surface area contributed by atoms with Crippen LogP contribution in [0.2, 0.25) is 0 Å². The average Bonchev–Trinajstić information content (AvgIpc) is 2.73. The molecule has 7 heteroatoms. The van der Waals surface area contributed by atoms with Crippen molar-refractivity contribution in [1.29, 1.82) is 0 Å². The van der Waals surface area contributed by atoms with E-state index in [-0.39, 0.29) is 18.3 Å². The standard InChI is InChI=1S/C22H23NO6/c1-14(24)28-16-9-7-15(8-10-16)18-5-3-4-6-19(18)21-13-27-12-17(29-21)11-20(23)22(25)26-2/h3-4,6-10,12-13,18,20H,5,11,23H2,1-2H3/t18?,20-/m0/s1. The molecule has 152 valence electrons. The van der Waals surface area contributed by atoms with Gasteiger partial charge in [0.15, 0.2) is 5.76 Å². The number of carbonyl (C=O) groups excluding carboxylic acids is 2. The summed E-state index contributed by atoms with van der Waals surface area (Å²) in [4.78, 5) is 22.7. The van der Waals surface area contributed by atoms with Crippen LogP contribution in [0, 0.1) is 0 Å². The van der Waals surface area contributed by atoms with Crippen LogP contribution < -0.4 is 10.5 Å². The quantitative estimate of drug-likeness (QED) is 0.581. The summed E-state index contributed by atoms with van der Waals surface area (Å²) in [5, 5.41) is 0. The van der Waals surface area contributed by atoms with E-state index in [2.05, 4.69) is 10.8 Å². The van der Waals surface area contributed by atoms with Gasteiger partial charge in [0.05, 0.1) is 7.11 Å². The van der Waals surface area contributed by atoms with Crippen molar-refractivity contribution in [3.05, 3.63) is 77.7 Å². The van der Waals surface area contributed by atoms with E-state index in [1.54, 1.807) is 12.1 Å². The number of esters is 2. The molecule has 7 nitrogen and oxygen atoms in total. The van der Waals surface area contributed by atoms with Crippen molar-refractivity contribution in [2.45, 2.75) is 31.7 Å². The number of hydrogen-bond donors (Lipinski definition) is 1. The second-order valence-corrected chi connectivity index (χ2v) is 6.64. The lowest BCUT2D eigenvalue weighted by atomic mass is 9.84. The Morgan fingerprint density at radius 2 is 2.00 bits per heavy atom. The molecule has 1 heterocycles. The van der Waals surface area contributed by atoms with Crippen molar-refractivity contribution in [3.8, 4) is 5.75 Å². The molecule has 1 aliphatic carbocycles. The van der Waals surface area contributed by atoms with Gasteiger partial charge in [0.2, 0.25) is 0 Å². The lowest BCUT2D eigenvalue weighted by Gasteiger charge is -2.26. The molecule has 2 aliphatic rings. The molecule has 3 rings (SSSR count). The van der Waals surface area contributed by atoms with E-state index in [1.165, 1.54) is 26.6 Å². The third-order valence-corrected chi connectivity index (χ3v) is 4.53. The van der Waals surface area contributed by atoms with E-state index in [0.717, 1.165) is 17.6 Å². The Balaban J connectivity index is 1.73. The highest BCUT2D eigenvalue weighted by atomic mass is 16.5. The van der Waals surface area contributed by atoms with Gasteiger partial charge in [0.25, 0.3) is 0 Å². The molecule has 0 spiro atoms. The normalized spacial score (nSPS) is 19.0. The van der Waals surface area contributed by atoms with Crippen LogP contribution >= 0.6 is 0 Å². The maximum absolute atomic E-state index is 11.6. The first-order valence-electron chi connectivity index (χ1n) is 9.19. The number of rotatable bonds is 6. The smallest absolute Gasteiger partial charge is 0.323 e. The molecule has 0 bridgehead atoms. The molecule has 0 saturated carbocycles.